The third-order valence-corrected chi connectivity index (χ3v) is 3.16. The molecule has 6 nitrogen and oxygen atoms in total. The fraction of sp³-hybridized carbons (Fsp3) is 0.286. The van der Waals surface area contributed by atoms with E-state index >= 15 is 0 Å². The number of fused-ring (bicyclic) bond motifs is 1. The van der Waals surface area contributed by atoms with Crippen LogP contribution in [0.25, 0.3) is 0 Å². The van der Waals surface area contributed by atoms with E-state index in [4.69, 9.17) is 9.47 Å². The lowest BCUT2D eigenvalue weighted by molar-refractivity contribution is 0.102. The van der Waals surface area contributed by atoms with Gasteiger partial charge in [0.15, 0.2) is 11.5 Å². The Morgan fingerprint density at radius 2 is 2.00 bits per heavy atom. The summed E-state index contributed by atoms with van der Waals surface area (Å²) < 4.78 is 10.9. The molecule has 2 heterocycles. The fourth-order valence-electron chi connectivity index (χ4n) is 2.20. The zero-order valence-corrected chi connectivity index (χ0v) is 11.3. The molecule has 0 saturated carbocycles. The Hall–Kier alpha value is -2.50. The van der Waals surface area contributed by atoms with Crippen LogP contribution in [-0.4, -0.2) is 29.3 Å². The highest BCUT2D eigenvalue weighted by Crippen LogP contribution is 2.32. The predicted molar refractivity (Wildman–Crippen MR) is 73.4 cm³/mol. The summed E-state index contributed by atoms with van der Waals surface area (Å²) in [5, 5.41) is 9.66. The van der Waals surface area contributed by atoms with Crippen molar-refractivity contribution in [3.05, 3.63) is 35.2 Å². The van der Waals surface area contributed by atoms with Gasteiger partial charge in [0, 0.05) is 17.4 Å². The maximum Gasteiger partial charge on any atom is 0.259 e. The van der Waals surface area contributed by atoms with E-state index < -0.39 is 0 Å². The zero-order chi connectivity index (χ0) is 14.1. The second-order valence-electron chi connectivity index (χ2n) is 4.62. The van der Waals surface area contributed by atoms with Crippen LogP contribution in [0.1, 0.15) is 21.7 Å². The molecule has 0 saturated heterocycles. The molecule has 1 amide bonds. The first-order valence-corrected chi connectivity index (χ1v) is 6.37. The van der Waals surface area contributed by atoms with Gasteiger partial charge in [-0.1, -0.05) is 0 Å². The number of H-pyrrole nitrogens is 1. The molecule has 3 rings (SSSR count). The van der Waals surface area contributed by atoms with Crippen molar-refractivity contribution in [3.63, 3.8) is 0 Å². The van der Waals surface area contributed by atoms with E-state index in [-0.39, 0.29) is 5.91 Å². The molecule has 0 fully saturated rings. The Morgan fingerprint density at radius 3 is 2.70 bits per heavy atom. The normalized spacial score (nSPS) is 13.1. The maximum absolute atomic E-state index is 12.2. The van der Waals surface area contributed by atoms with Crippen LogP contribution in [-0.2, 0) is 0 Å². The summed E-state index contributed by atoms with van der Waals surface area (Å²) >= 11 is 0. The molecule has 0 atom stereocenters. The number of nitrogens with zero attached hydrogens (tertiary/aromatic N) is 1. The second kappa shape index (κ2) is 4.88. The number of benzene rings is 1. The van der Waals surface area contributed by atoms with Gasteiger partial charge in [0.1, 0.15) is 13.2 Å². The number of ether oxygens (including phenoxy) is 2. The van der Waals surface area contributed by atoms with Gasteiger partial charge in [-0.15, -0.1) is 0 Å². The van der Waals surface area contributed by atoms with Crippen LogP contribution in [0.15, 0.2) is 18.2 Å². The average Bonchev–Trinajstić information content (AvgIpc) is 2.78. The Bertz CT molecular complexity index is 644. The summed E-state index contributed by atoms with van der Waals surface area (Å²) in [7, 11) is 0. The molecule has 0 spiro atoms. The maximum atomic E-state index is 12.2. The van der Waals surface area contributed by atoms with Crippen molar-refractivity contribution in [1.82, 2.24) is 10.2 Å². The van der Waals surface area contributed by atoms with Gasteiger partial charge in [0.2, 0.25) is 0 Å². The number of aromatic nitrogens is 2. The highest BCUT2D eigenvalue weighted by atomic mass is 16.6. The molecule has 2 aromatic rings. The standard InChI is InChI=1S/C14H15N3O3/c1-8-13(9(2)17-16-8)14(18)15-10-3-4-11-12(7-10)20-6-5-19-11/h3-4,7H,5-6H2,1-2H3,(H,15,18)(H,16,17). The Morgan fingerprint density at radius 1 is 1.25 bits per heavy atom. The SMILES string of the molecule is Cc1n[nH]c(C)c1C(=O)Nc1ccc2c(c1)OCCO2. The number of nitrogens with one attached hydrogen (secondary N) is 2. The molecule has 1 aromatic carbocycles. The van der Waals surface area contributed by atoms with E-state index in [1.165, 1.54) is 0 Å². The Labute approximate surface area is 116 Å². The van der Waals surface area contributed by atoms with Crippen LogP contribution < -0.4 is 14.8 Å². The van der Waals surface area contributed by atoms with Gasteiger partial charge >= 0.3 is 0 Å². The molecule has 1 aliphatic heterocycles. The van der Waals surface area contributed by atoms with Crippen LogP contribution in [0.4, 0.5) is 5.69 Å². The lowest BCUT2D eigenvalue weighted by Gasteiger charge is -2.19. The van der Waals surface area contributed by atoms with Gasteiger partial charge in [0.05, 0.1) is 11.3 Å². The van der Waals surface area contributed by atoms with Crippen molar-refractivity contribution in [2.75, 3.05) is 18.5 Å². The molecule has 2 N–H and O–H groups in total. The first-order valence-electron chi connectivity index (χ1n) is 6.37. The van der Waals surface area contributed by atoms with Gasteiger partial charge in [-0.05, 0) is 26.0 Å². The summed E-state index contributed by atoms with van der Waals surface area (Å²) in [6.45, 7) is 4.68. The van der Waals surface area contributed by atoms with Gasteiger partial charge < -0.3 is 14.8 Å². The molecule has 20 heavy (non-hydrogen) atoms. The molecule has 0 aliphatic carbocycles. The molecule has 0 unspecified atom stereocenters. The van der Waals surface area contributed by atoms with Crippen LogP contribution in [0.3, 0.4) is 0 Å². The molecule has 104 valence electrons. The van der Waals surface area contributed by atoms with Crippen molar-refractivity contribution in [3.8, 4) is 11.5 Å². The number of amides is 1. The van der Waals surface area contributed by atoms with E-state index in [0.717, 1.165) is 5.69 Å². The van der Waals surface area contributed by atoms with Gasteiger partial charge in [-0.3, -0.25) is 9.89 Å². The number of carbonyl (C=O) groups excluding carboxylic acids is 1. The van der Waals surface area contributed by atoms with Crippen LogP contribution in [0.2, 0.25) is 0 Å². The van der Waals surface area contributed by atoms with Crippen molar-refractivity contribution in [2.45, 2.75) is 13.8 Å². The number of rotatable bonds is 2. The largest absolute Gasteiger partial charge is 0.486 e. The van der Waals surface area contributed by atoms with Gasteiger partial charge in [-0.2, -0.15) is 5.10 Å². The summed E-state index contributed by atoms with van der Waals surface area (Å²) in [4.78, 5) is 12.2. The summed E-state index contributed by atoms with van der Waals surface area (Å²) in [5.74, 6) is 1.16. The monoisotopic (exact) mass is 273 g/mol. The number of aryl methyl sites for hydroxylation is 2. The number of carbonyl (C=O) groups is 1. The summed E-state index contributed by atoms with van der Waals surface area (Å²) in [6.07, 6.45) is 0. The van der Waals surface area contributed by atoms with Crippen molar-refractivity contribution in [1.29, 1.82) is 0 Å². The van der Waals surface area contributed by atoms with Crippen molar-refractivity contribution < 1.29 is 14.3 Å². The number of hydrogen-bond acceptors (Lipinski definition) is 4. The molecule has 0 bridgehead atoms. The lowest BCUT2D eigenvalue weighted by Crippen LogP contribution is -2.17. The highest BCUT2D eigenvalue weighted by molar-refractivity contribution is 6.05. The van der Waals surface area contributed by atoms with Crippen LogP contribution >= 0.6 is 0 Å². The number of aromatic amines is 1. The third kappa shape index (κ3) is 2.20. The van der Waals surface area contributed by atoms with Crippen LogP contribution in [0.5, 0.6) is 11.5 Å². The Kier molecular flexibility index (Phi) is 3.06. The minimum Gasteiger partial charge on any atom is -0.486 e. The summed E-state index contributed by atoms with van der Waals surface area (Å²) in [6, 6.07) is 5.34. The molecule has 1 aromatic heterocycles. The third-order valence-electron chi connectivity index (χ3n) is 3.16. The van der Waals surface area contributed by atoms with E-state index in [1.807, 2.05) is 6.92 Å². The topological polar surface area (TPSA) is 76.2 Å². The zero-order valence-electron chi connectivity index (χ0n) is 11.3. The number of hydrogen-bond donors (Lipinski definition) is 2. The van der Waals surface area contributed by atoms with E-state index in [2.05, 4.69) is 15.5 Å². The second-order valence-corrected chi connectivity index (χ2v) is 4.62. The van der Waals surface area contributed by atoms with Gasteiger partial charge in [0.25, 0.3) is 5.91 Å². The molecular formula is C14H15N3O3. The predicted octanol–water partition coefficient (Wildman–Crippen LogP) is 2.05. The minimum atomic E-state index is -0.189. The molecule has 0 radical (unpaired) electrons. The van der Waals surface area contributed by atoms with E-state index in [9.17, 15) is 4.79 Å². The Balaban J connectivity index is 1.83. The quantitative estimate of drug-likeness (QED) is 0.878. The van der Waals surface area contributed by atoms with E-state index in [0.29, 0.717) is 41.7 Å². The first kappa shape index (κ1) is 12.5. The van der Waals surface area contributed by atoms with E-state index in [1.54, 1.807) is 25.1 Å². The minimum absolute atomic E-state index is 0.189. The lowest BCUT2D eigenvalue weighted by atomic mass is 10.2. The van der Waals surface area contributed by atoms with Gasteiger partial charge in [-0.25, -0.2) is 0 Å². The van der Waals surface area contributed by atoms with Crippen molar-refractivity contribution in [2.24, 2.45) is 0 Å². The highest BCUT2D eigenvalue weighted by Gasteiger charge is 2.17. The summed E-state index contributed by atoms with van der Waals surface area (Å²) in [5.41, 5.74) is 2.66. The molecule has 1 aliphatic rings. The fourth-order valence-corrected chi connectivity index (χ4v) is 2.20. The average molecular weight is 273 g/mol. The smallest absolute Gasteiger partial charge is 0.259 e. The van der Waals surface area contributed by atoms with Crippen LogP contribution in [0, 0.1) is 13.8 Å². The number of anilines is 1. The van der Waals surface area contributed by atoms with Crippen molar-refractivity contribution >= 4 is 11.6 Å². The first-order chi connectivity index (χ1) is 9.65. The molecule has 6 heteroatoms. The molecular weight excluding hydrogens is 258 g/mol.